The Morgan fingerprint density at radius 2 is 1.66 bits per heavy atom. The van der Waals surface area contributed by atoms with E-state index >= 15 is 0 Å². The van der Waals surface area contributed by atoms with E-state index in [1.165, 1.54) is 4.90 Å². The number of likely N-dealkylation sites (tertiary alicyclic amines) is 1. The number of amides is 1. The number of Topliss-reactive ketones (excluding diaryl/α,β-unsaturated/α-hetero) is 1. The number of ether oxygens (including phenoxy) is 2. The maximum atomic E-state index is 13.4. The monoisotopic (exact) mass is 513 g/mol. The van der Waals surface area contributed by atoms with Gasteiger partial charge >= 0.3 is 0 Å². The zero-order chi connectivity index (χ0) is 27.4. The molecule has 0 aliphatic carbocycles. The Bertz CT molecular complexity index is 1350. The molecular formula is C32H35NO5. The SMILES string of the molecule is CCCOc1cccc(/C(O)=C2/C(=O)C(=O)N(Cc3ccc(OC(C)(C)C)cc3)C2c2cccc(C)c2)c1. The Balaban J connectivity index is 1.75. The highest BCUT2D eigenvalue weighted by molar-refractivity contribution is 6.46. The molecule has 1 heterocycles. The van der Waals surface area contributed by atoms with E-state index in [2.05, 4.69) is 0 Å². The predicted octanol–water partition coefficient (Wildman–Crippen LogP) is 6.58. The summed E-state index contributed by atoms with van der Waals surface area (Å²) in [5.74, 6) is -0.250. The summed E-state index contributed by atoms with van der Waals surface area (Å²) in [7, 11) is 0. The van der Waals surface area contributed by atoms with Crippen LogP contribution in [-0.4, -0.2) is 33.9 Å². The molecule has 38 heavy (non-hydrogen) atoms. The number of ketones is 1. The molecule has 6 heteroatoms. The van der Waals surface area contributed by atoms with Gasteiger partial charge in [-0.2, -0.15) is 0 Å². The van der Waals surface area contributed by atoms with Crippen molar-refractivity contribution in [1.29, 1.82) is 0 Å². The second-order valence-corrected chi connectivity index (χ2v) is 10.6. The lowest BCUT2D eigenvalue weighted by molar-refractivity contribution is -0.140. The van der Waals surface area contributed by atoms with Crippen molar-refractivity contribution in [2.45, 2.75) is 59.2 Å². The summed E-state index contributed by atoms with van der Waals surface area (Å²) < 4.78 is 11.6. The number of hydrogen-bond acceptors (Lipinski definition) is 5. The lowest BCUT2D eigenvalue weighted by atomic mass is 9.94. The maximum Gasteiger partial charge on any atom is 0.295 e. The van der Waals surface area contributed by atoms with E-state index in [-0.39, 0.29) is 23.5 Å². The second kappa shape index (κ2) is 11.1. The van der Waals surface area contributed by atoms with Gasteiger partial charge in [0.25, 0.3) is 11.7 Å². The quantitative estimate of drug-likeness (QED) is 0.209. The van der Waals surface area contributed by atoms with Crippen molar-refractivity contribution < 1.29 is 24.2 Å². The van der Waals surface area contributed by atoms with Crippen LogP contribution in [0.1, 0.15) is 62.4 Å². The smallest absolute Gasteiger partial charge is 0.295 e. The van der Waals surface area contributed by atoms with Gasteiger partial charge in [-0.1, -0.05) is 61.0 Å². The summed E-state index contributed by atoms with van der Waals surface area (Å²) in [6, 6.07) is 21.4. The molecule has 1 unspecified atom stereocenters. The van der Waals surface area contributed by atoms with Crippen LogP contribution >= 0.6 is 0 Å². The van der Waals surface area contributed by atoms with Crippen LogP contribution in [0.2, 0.25) is 0 Å². The van der Waals surface area contributed by atoms with E-state index < -0.39 is 17.7 Å². The summed E-state index contributed by atoms with van der Waals surface area (Å²) >= 11 is 0. The van der Waals surface area contributed by atoms with E-state index in [1.807, 2.05) is 83.1 Å². The number of hydrogen-bond donors (Lipinski definition) is 1. The third-order valence-electron chi connectivity index (χ3n) is 6.18. The number of aliphatic hydroxyl groups is 1. The summed E-state index contributed by atoms with van der Waals surface area (Å²) in [5.41, 5.74) is 2.77. The van der Waals surface area contributed by atoms with Crippen LogP contribution in [-0.2, 0) is 16.1 Å². The fourth-order valence-electron chi connectivity index (χ4n) is 4.55. The van der Waals surface area contributed by atoms with Crippen molar-refractivity contribution in [1.82, 2.24) is 4.90 Å². The molecule has 1 N–H and O–H groups in total. The normalized spacial score (nSPS) is 17.1. The molecule has 4 rings (SSSR count). The highest BCUT2D eigenvalue weighted by atomic mass is 16.5. The molecule has 0 aromatic heterocycles. The standard InChI is InChI=1S/C32H35NO5/c1-6-17-37-26-12-8-11-24(19-26)29(34)27-28(23-10-7-9-21(2)18-23)33(31(36)30(27)35)20-22-13-15-25(16-14-22)38-32(3,4)5/h7-16,18-19,28,34H,6,17,20H2,1-5H3/b29-27-. The summed E-state index contributed by atoms with van der Waals surface area (Å²) in [4.78, 5) is 28.3. The Hall–Kier alpha value is -4.06. The van der Waals surface area contributed by atoms with E-state index in [9.17, 15) is 14.7 Å². The molecule has 3 aromatic rings. The Kier molecular flexibility index (Phi) is 7.91. The molecule has 0 radical (unpaired) electrons. The zero-order valence-electron chi connectivity index (χ0n) is 22.7. The molecule has 198 valence electrons. The molecule has 6 nitrogen and oxygen atoms in total. The summed E-state index contributed by atoms with van der Waals surface area (Å²) in [5, 5.41) is 11.4. The summed E-state index contributed by atoms with van der Waals surface area (Å²) in [6.07, 6.45) is 0.845. The largest absolute Gasteiger partial charge is 0.507 e. The van der Waals surface area contributed by atoms with Crippen molar-refractivity contribution in [2.75, 3.05) is 6.61 Å². The van der Waals surface area contributed by atoms with Gasteiger partial charge in [-0.3, -0.25) is 9.59 Å². The first-order valence-electron chi connectivity index (χ1n) is 12.9. The van der Waals surface area contributed by atoms with E-state index in [4.69, 9.17) is 9.47 Å². The van der Waals surface area contributed by atoms with Crippen molar-refractivity contribution in [3.63, 3.8) is 0 Å². The third kappa shape index (κ3) is 6.08. The van der Waals surface area contributed by atoms with Gasteiger partial charge in [0.1, 0.15) is 22.9 Å². The fourth-order valence-corrected chi connectivity index (χ4v) is 4.55. The Morgan fingerprint density at radius 1 is 0.947 bits per heavy atom. The van der Waals surface area contributed by atoms with Gasteiger partial charge in [-0.25, -0.2) is 0 Å². The van der Waals surface area contributed by atoms with Gasteiger partial charge in [0, 0.05) is 12.1 Å². The van der Waals surface area contributed by atoms with Crippen molar-refractivity contribution >= 4 is 17.4 Å². The molecule has 1 aliphatic rings. The van der Waals surface area contributed by atoms with Crippen LogP contribution in [0.25, 0.3) is 5.76 Å². The molecule has 1 fully saturated rings. The number of nitrogens with zero attached hydrogens (tertiary/aromatic N) is 1. The number of rotatable bonds is 8. The molecule has 0 bridgehead atoms. The number of aryl methyl sites for hydroxylation is 1. The number of carbonyl (C=O) groups excluding carboxylic acids is 2. The Labute approximate surface area is 224 Å². The molecule has 1 saturated heterocycles. The van der Waals surface area contributed by atoms with Gasteiger partial charge in [-0.05, 0) is 69.5 Å². The van der Waals surface area contributed by atoms with Crippen LogP contribution in [0.15, 0.2) is 78.4 Å². The first-order chi connectivity index (χ1) is 18.1. The van der Waals surface area contributed by atoms with Crippen LogP contribution in [0.3, 0.4) is 0 Å². The molecule has 0 spiro atoms. The van der Waals surface area contributed by atoms with E-state index in [0.717, 1.165) is 28.9 Å². The highest BCUT2D eigenvalue weighted by Crippen LogP contribution is 2.41. The van der Waals surface area contributed by atoms with Gasteiger partial charge in [0.15, 0.2) is 0 Å². The zero-order valence-corrected chi connectivity index (χ0v) is 22.7. The van der Waals surface area contributed by atoms with Crippen LogP contribution in [0.5, 0.6) is 11.5 Å². The van der Waals surface area contributed by atoms with E-state index in [1.54, 1.807) is 24.3 Å². The first kappa shape index (κ1) is 27.0. The molecule has 3 aromatic carbocycles. The highest BCUT2D eigenvalue weighted by Gasteiger charge is 2.46. The lowest BCUT2D eigenvalue weighted by Gasteiger charge is -2.26. The van der Waals surface area contributed by atoms with Crippen molar-refractivity contribution in [3.05, 3.63) is 101 Å². The second-order valence-electron chi connectivity index (χ2n) is 10.6. The van der Waals surface area contributed by atoms with Gasteiger partial charge < -0.3 is 19.5 Å². The molecule has 1 amide bonds. The minimum Gasteiger partial charge on any atom is -0.507 e. The minimum atomic E-state index is -0.736. The van der Waals surface area contributed by atoms with Crippen LogP contribution < -0.4 is 9.47 Å². The number of carbonyl (C=O) groups is 2. The predicted molar refractivity (Wildman–Crippen MR) is 148 cm³/mol. The number of benzene rings is 3. The maximum absolute atomic E-state index is 13.4. The number of aliphatic hydroxyl groups excluding tert-OH is 1. The third-order valence-corrected chi connectivity index (χ3v) is 6.18. The molecule has 0 saturated carbocycles. The molecular weight excluding hydrogens is 478 g/mol. The first-order valence-corrected chi connectivity index (χ1v) is 12.9. The van der Waals surface area contributed by atoms with Crippen LogP contribution in [0.4, 0.5) is 0 Å². The molecule has 1 aliphatic heterocycles. The van der Waals surface area contributed by atoms with E-state index in [0.29, 0.717) is 17.9 Å². The minimum absolute atomic E-state index is 0.0703. The topological polar surface area (TPSA) is 76.1 Å². The van der Waals surface area contributed by atoms with Crippen molar-refractivity contribution in [3.8, 4) is 11.5 Å². The fraction of sp³-hybridized carbons (Fsp3) is 0.312. The molecule has 1 atom stereocenters. The van der Waals surface area contributed by atoms with Gasteiger partial charge in [0.05, 0.1) is 18.2 Å². The average Bonchev–Trinajstić information content (AvgIpc) is 3.12. The van der Waals surface area contributed by atoms with Gasteiger partial charge in [-0.15, -0.1) is 0 Å². The van der Waals surface area contributed by atoms with Crippen LogP contribution in [0, 0.1) is 6.92 Å². The van der Waals surface area contributed by atoms with Gasteiger partial charge in [0.2, 0.25) is 0 Å². The van der Waals surface area contributed by atoms with Crippen molar-refractivity contribution in [2.24, 2.45) is 0 Å². The summed E-state index contributed by atoms with van der Waals surface area (Å²) in [6.45, 7) is 10.7. The lowest BCUT2D eigenvalue weighted by Crippen LogP contribution is -2.29. The average molecular weight is 514 g/mol. The Morgan fingerprint density at radius 3 is 2.32 bits per heavy atom.